The van der Waals surface area contributed by atoms with E-state index in [0.717, 1.165) is 5.69 Å². The Bertz CT molecular complexity index is 470. The highest BCUT2D eigenvalue weighted by atomic mass is 16.2. The first-order chi connectivity index (χ1) is 9.16. The topological polar surface area (TPSA) is 70.2 Å². The fraction of sp³-hybridized carbons (Fsp3) is 0.429. The average Bonchev–Trinajstić information content (AvgIpc) is 3.19. The molecule has 1 aromatic rings. The van der Waals surface area contributed by atoms with Crippen LogP contribution in [0.15, 0.2) is 24.3 Å². The molecule has 1 aromatic carbocycles. The van der Waals surface area contributed by atoms with E-state index in [1.165, 1.54) is 25.3 Å². The summed E-state index contributed by atoms with van der Waals surface area (Å²) in [6, 6.07) is 7.65. The number of nitrogens with one attached hydrogen (secondary N) is 3. The molecule has 3 amide bonds. The van der Waals surface area contributed by atoms with Crippen molar-refractivity contribution < 1.29 is 9.59 Å². The van der Waals surface area contributed by atoms with Crippen LogP contribution in [0.25, 0.3) is 0 Å². The summed E-state index contributed by atoms with van der Waals surface area (Å²) in [5.74, 6) is 0.497. The maximum Gasteiger partial charge on any atom is 0.319 e. The Morgan fingerprint density at radius 2 is 1.84 bits per heavy atom. The predicted molar refractivity (Wildman–Crippen MR) is 74.1 cm³/mol. The van der Waals surface area contributed by atoms with E-state index in [-0.39, 0.29) is 11.9 Å². The number of carbonyl (C=O) groups excluding carboxylic acids is 2. The minimum absolute atomic E-state index is 0.0960. The standard InChI is InChI=1S/C14H19N3O2/c1-10(18)15-8-9-16-14(19)17-13-5-3-2-4-12(13)11-6-7-11/h2-5,11H,6-9H2,1H3,(H,15,18)(H2,16,17,19). The van der Waals surface area contributed by atoms with Crippen LogP contribution in [0, 0.1) is 0 Å². The first kappa shape index (κ1) is 13.4. The van der Waals surface area contributed by atoms with Crippen LogP contribution >= 0.6 is 0 Å². The van der Waals surface area contributed by atoms with E-state index in [1.807, 2.05) is 18.2 Å². The van der Waals surface area contributed by atoms with Crippen LogP contribution in [0.4, 0.5) is 10.5 Å². The summed E-state index contributed by atoms with van der Waals surface area (Å²) in [4.78, 5) is 22.4. The first-order valence-corrected chi connectivity index (χ1v) is 6.55. The first-order valence-electron chi connectivity index (χ1n) is 6.55. The minimum atomic E-state index is -0.238. The van der Waals surface area contributed by atoms with Crippen LogP contribution < -0.4 is 16.0 Å². The number of hydrogen-bond acceptors (Lipinski definition) is 2. The molecular formula is C14H19N3O2. The lowest BCUT2D eigenvalue weighted by Gasteiger charge is -2.11. The van der Waals surface area contributed by atoms with Crippen molar-refractivity contribution in [3.05, 3.63) is 29.8 Å². The molecule has 1 aliphatic carbocycles. The van der Waals surface area contributed by atoms with Crippen molar-refractivity contribution in [1.29, 1.82) is 0 Å². The van der Waals surface area contributed by atoms with Gasteiger partial charge in [-0.15, -0.1) is 0 Å². The summed E-state index contributed by atoms with van der Waals surface area (Å²) >= 11 is 0. The Labute approximate surface area is 112 Å². The number of benzene rings is 1. The Morgan fingerprint density at radius 3 is 2.53 bits per heavy atom. The zero-order valence-electron chi connectivity index (χ0n) is 11.0. The molecule has 0 aliphatic heterocycles. The molecule has 1 aliphatic rings. The highest BCUT2D eigenvalue weighted by molar-refractivity contribution is 5.90. The Morgan fingerprint density at radius 1 is 1.16 bits per heavy atom. The predicted octanol–water partition coefficient (Wildman–Crippen LogP) is 1.82. The van der Waals surface area contributed by atoms with Crippen molar-refractivity contribution in [1.82, 2.24) is 10.6 Å². The fourth-order valence-electron chi connectivity index (χ4n) is 1.94. The fourth-order valence-corrected chi connectivity index (χ4v) is 1.94. The molecule has 0 radical (unpaired) electrons. The van der Waals surface area contributed by atoms with E-state index >= 15 is 0 Å². The van der Waals surface area contributed by atoms with Crippen molar-refractivity contribution in [2.45, 2.75) is 25.7 Å². The lowest BCUT2D eigenvalue weighted by Crippen LogP contribution is -2.36. The van der Waals surface area contributed by atoms with E-state index in [0.29, 0.717) is 19.0 Å². The molecule has 0 aromatic heterocycles. The van der Waals surface area contributed by atoms with Gasteiger partial charge in [0.15, 0.2) is 0 Å². The van der Waals surface area contributed by atoms with Crippen LogP contribution in [0.1, 0.15) is 31.2 Å². The Kier molecular flexibility index (Phi) is 4.39. The van der Waals surface area contributed by atoms with Gasteiger partial charge in [0.05, 0.1) is 0 Å². The lowest BCUT2D eigenvalue weighted by molar-refractivity contribution is -0.118. The van der Waals surface area contributed by atoms with Gasteiger partial charge in [0.25, 0.3) is 0 Å². The third-order valence-corrected chi connectivity index (χ3v) is 3.01. The number of carbonyl (C=O) groups is 2. The summed E-state index contributed by atoms with van der Waals surface area (Å²) < 4.78 is 0. The van der Waals surface area contributed by atoms with Crippen LogP contribution in [-0.4, -0.2) is 25.0 Å². The largest absolute Gasteiger partial charge is 0.355 e. The van der Waals surface area contributed by atoms with Gasteiger partial charge in [0.2, 0.25) is 5.91 Å². The second-order valence-corrected chi connectivity index (χ2v) is 4.73. The zero-order valence-corrected chi connectivity index (χ0v) is 11.0. The zero-order chi connectivity index (χ0) is 13.7. The molecule has 5 heteroatoms. The van der Waals surface area contributed by atoms with Gasteiger partial charge >= 0.3 is 6.03 Å². The van der Waals surface area contributed by atoms with Crippen LogP contribution in [0.2, 0.25) is 0 Å². The molecule has 0 unspecified atom stereocenters. The van der Waals surface area contributed by atoms with E-state index in [2.05, 4.69) is 22.0 Å². The molecule has 3 N–H and O–H groups in total. The summed E-state index contributed by atoms with van der Waals surface area (Å²) in [6.07, 6.45) is 2.39. The van der Waals surface area contributed by atoms with Gasteiger partial charge in [-0.05, 0) is 30.4 Å². The quantitative estimate of drug-likeness (QED) is 0.708. The normalized spacial score (nSPS) is 13.7. The third-order valence-electron chi connectivity index (χ3n) is 3.01. The van der Waals surface area contributed by atoms with Crippen molar-refractivity contribution in [2.75, 3.05) is 18.4 Å². The second-order valence-electron chi connectivity index (χ2n) is 4.73. The minimum Gasteiger partial charge on any atom is -0.355 e. The molecule has 0 bridgehead atoms. The number of urea groups is 1. The summed E-state index contributed by atoms with van der Waals surface area (Å²) in [6.45, 7) is 2.30. The number of amides is 3. The number of hydrogen-bond donors (Lipinski definition) is 3. The smallest absolute Gasteiger partial charge is 0.319 e. The van der Waals surface area contributed by atoms with Gasteiger partial charge in [0.1, 0.15) is 0 Å². The maximum atomic E-state index is 11.7. The molecule has 0 heterocycles. The van der Waals surface area contributed by atoms with Crippen LogP contribution in [-0.2, 0) is 4.79 Å². The maximum absolute atomic E-state index is 11.7. The molecule has 5 nitrogen and oxygen atoms in total. The number of para-hydroxylation sites is 1. The van der Waals surface area contributed by atoms with Crippen LogP contribution in [0.3, 0.4) is 0 Å². The van der Waals surface area contributed by atoms with Gasteiger partial charge in [-0.2, -0.15) is 0 Å². The summed E-state index contributed by atoms with van der Waals surface area (Å²) in [7, 11) is 0. The van der Waals surface area contributed by atoms with Gasteiger partial charge in [-0.1, -0.05) is 18.2 Å². The molecule has 0 saturated heterocycles. The van der Waals surface area contributed by atoms with E-state index in [1.54, 1.807) is 0 Å². The average molecular weight is 261 g/mol. The van der Waals surface area contributed by atoms with E-state index in [4.69, 9.17) is 0 Å². The second kappa shape index (κ2) is 6.22. The molecule has 2 rings (SSSR count). The van der Waals surface area contributed by atoms with E-state index in [9.17, 15) is 9.59 Å². The highest BCUT2D eigenvalue weighted by Crippen LogP contribution is 2.43. The van der Waals surface area contributed by atoms with Gasteiger partial charge < -0.3 is 16.0 Å². The van der Waals surface area contributed by atoms with E-state index < -0.39 is 0 Å². The highest BCUT2D eigenvalue weighted by Gasteiger charge is 2.26. The molecule has 1 saturated carbocycles. The molecule has 0 spiro atoms. The van der Waals surface area contributed by atoms with Crippen molar-refractivity contribution in [3.8, 4) is 0 Å². The summed E-state index contributed by atoms with van der Waals surface area (Å²) in [5, 5.41) is 8.19. The van der Waals surface area contributed by atoms with Crippen molar-refractivity contribution in [3.63, 3.8) is 0 Å². The van der Waals surface area contributed by atoms with Gasteiger partial charge in [-0.3, -0.25) is 4.79 Å². The van der Waals surface area contributed by atoms with Crippen molar-refractivity contribution >= 4 is 17.6 Å². The van der Waals surface area contributed by atoms with Gasteiger partial charge in [-0.25, -0.2) is 4.79 Å². The monoisotopic (exact) mass is 261 g/mol. The molecule has 19 heavy (non-hydrogen) atoms. The van der Waals surface area contributed by atoms with Crippen LogP contribution in [0.5, 0.6) is 0 Å². The number of rotatable bonds is 5. The molecule has 1 fully saturated rings. The number of anilines is 1. The molecule has 102 valence electrons. The SMILES string of the molecule is CC(=O)NCCNC(=O)Nc1ccccc1C1CC1. The molecule has 0 atom stereocenters. The summed E-state index contributed by atoms with van der Waals surface area (Å²) in [5.41, 5.74) is 2.08. The Hall–Kier alpha value is -2.04. The molecular weight excluding hydrogens is 242 g/mol. The van der Waals surface area contributed by atoms with Crippen molar-refractivity contribution in [2.24, 2.45) is 0 Å². The Balaban J connectivity index is 1.80. The third kappa shape index (κ3) is 4.28. The lowest BCUT2D eigenvalue weighted by atomic mass is 10.1. The van der Waals surface area contributed by atoms with Gasteiger partial charge in [0, 0.05) is 25.7 Å².